The van der Waals surface area contributed by atoms with Crippen LogP contribution in [0, 0.1) is 5.92 Å². The Balaban J connectivity index is 2.11. The van der Waals surface area contributed by atoms with Crippen molar-refractivity contribution in [2.45, 2.75) is 44.8 Å². The quantitative estimate of drug-likeness (QED) is 0.697. The second kappa shape index (κ2) is 4.43. The maximum Gasteiger partial charge on any atom is 0.331 e. The highest BCUT2D eigenvalue weighted by Crippen LogP contribution is 2.28. The van der Waals surface area contributed by atoms with Crippen LogP contribution in [0.1, 0.15) is 32.6 Å². The topological polar surface area (TPSA) is 66.5 Å². The average Bonchev–Trinajstić information content (AvgIpc) is 2.29. The van der Waals surface area contributed by atoms with Crippen LogP contribution >= 0.6 is 0 Å². The molecular weight excluding hydrogens is 227 g/mol. The molecule has 1 aliphatic carbocycles. The molecule has 1 unspecified atom stereocenters. The van der Waals surface area contributed by atoms with Crippen LogP contribution in [0.25, 0.3) is 0 Å². The molecule has 94 valence electrons. The van der Waals surface area contributed by atoms with Gasteiger partial charge in [0.1, 0.15) is 0 Å². The van der Waals surface area contributed by atoms with E-state index in [1.807, 2.05) is 5.32 Å². The van der Waals surface area contributed by atoms with Crippen LogP contribution in [-0.4, -0.2) is 35.0 Å². The first-order valence-corrected chi connectivity index (χ1v) is 5.82. The fourth-order valence-electron chi connectivity index (χ4n) is 2.41. The molecule has 1 heterocycles. The molecule has 2 rings (SSSR count). The van der Waals surface area contributed by atoms with Gasteiger partial charge in [-0.2, -0.15) is 0 Å². The number of rotatable bonds is 1. The zero-order valence-corrected chi connectivity index (χ0v) is 9.61. The molecule has 1 atom stereocenters. The number of carbonyl (C=O) groups excluding carboxylic acids is 3. The van der Waals surface area contributed by atoms with Crippen molar-refractivity contribution in [3.8, 4) is 0 Å². The zero-order valence-electron chi connectivity index (χ0n) is 9.61. The first kappa shape index (κ1) is 12.0. The number of alkyl halides is 1. The number of nitrogens with one attached hydrogen (secondary N) is 1. The van der Waals surface area contributed by atoms with Crippen molar-refractivity contribution in [1.82, 2.24) is 10.2 Å². The zero-order chi connectivity index (χ0) is 12.6. The minimum absolute atomic E-state index is 0.273. The van der Waals surface area contributed by atoms with Gasteiger partial charge in [-0.25, -0.2) is 9.18 Å². The van der Waals surface area contributed by atoms with E-state index in [1.165, 1.54) is 0 Å². The van der Waals surface area contributed by atoms with Crippen molar-refractivity contribution < 1.29 is 18.8 Å². The second-order valence-electron chi connectivity index (χ2n) is 4.78. The van der Waals surface area contributed by atoms with E-state index in [2.05, 4.69) is 6.92 Å². The van der Waals surface area contributed by atoms with Crippen molar-refractivity contribution in [3.63, 3.8) is 0 Å². The molecule has 1 aliphatic heterocycles. The van der Waals surface area contributed by atoms with Gasteiger partial charge in [0, 0.05) is 6.04 Å². The highest BCUT2D eigenvalue weighted by Gasteiger charge is 2.44. The molecule has 0 spiro atoms. The van der Waals surface area contributed by atoms with Crippen LogP contribution in [0.2, 0.25) is 0 Å². The normalized spacial score (nSPS) is 34.8. The molecule has 1 saturated carbocycles. The average molecular weight is 242 g/mol. The Morgan fingerprint density at radius 2 is 1.76 bits per heavy atom. The standard InChI is InChI=1S/C11H15FN2O3/c1-6-2-4-7(5-3-6)14-10(16)8(12)9(15)13-11(14)17/h6-8H,2-5H2,1H3,(H,13,15,17). The molecule has 0 radical (unpaired) electrons. The molecule has 0 aromatic rings. The van der Waals surface area contributed by atoms with Gasteiger partial charge in [-0.05, 0) is 31.6 Å². The fraction of sp³-hybridized carbons (Fsp3) is 0.727. The number of nitrogens with zero attached hydrogens (tertiary/aromatic N) is 1. The number of hydrogen-bond donors (Lipinski definition) is 1. The highest BCUT2D eigenvalue weighted by atomic mass is 19.1. The number of amides is 4. The summed E-state index contributed by atoms with van der Waals surface area (Å²) in [6, 6.07) is -1.06. The SMILES string of the molecule is CC1CCC(N2C(=O)NC(=O)C(F)C2=O)CC1. The summed E-state index contributed by atoms with van der Waals surface area (Å²) in [4.78, 5) is 35.0. The molecule has 6 heteroatoms. The maximum absolute atomic E-state index is 13.3. The predicted octanol–water partition coefficient (Wildman–Crippen LogP) is 0.982. The summed E-state index contributed by atoms with van der Waals surface area (Å²) in [7, 11) is 0. The lowest BCUT2D eigenvalue weighted by Crippen LogP contribution is -2.62. The number of urea groups is 1. The van der Waals surface area contributed by atoms with Crippen LogP contribution in [-0.2, 0) is 9.59 Å². The second-order valence-corrected chi connectivity index (χ2v) is 4.78. The van der Waals surface area contributed by atoms with Crippen molar-refractivity contribution >= 4 is 17.8 Å². The van der Waals surface area contributed by atoms with Crippen molar-refractivity contribution in [1.29, 1.82) is 0 Å². The van der Waals surface area contributed by atoms with Gasteiger partial charge < -0.3 is 0 Å². The largest absolute Gasteiger partial charge is 0.331 e. The van der Waals surface area contributed by atoms with Gasteiger partial charge in [-0.1, -0.05) is 6.92 Å². The van der Waals surface area contributed by atoms with E-state index < -0.39 is 24.0 Å². The molecule has 2 fully saturated rings. The van der Waals surface area contributed by atoms with Gasteiger partial charge in [0.2, 0.25) is 0 Å². The molecule has 1 saturated heterocycles. The molecule has 1 N–H and O–H groups in total. The van der Waals surface area contributed by atoms with Crippen molar-refractivity contribution in [3.05, 3.63) is 0 Å². The van der Waals surface area contributed by atoms with E-state index in [1.54, 1.807) is 0 Å². The summed E-state index contributed by atoms with van der Waals surface area (Å²) in [5, 5.41) is 1.87. The lowest BCUT2D eigenvalue weighted by molar-refractivity contribution is -0.145. The van der Waals surface area contributed by atoms with Crippen LogP contribution in [0.4, 0.5) is 9.18 Å². The summed E-state index contributed by atoms with van der Waals surface area (Å²) in [5.41, 5.74) is 0. The molecule has 2 aliphatic rings. The first-order valence-electron chi connectivity index (χ1n) is 5.82. The molecule has 0 aromatic carbocycles. The van der Waals surface area contributed by atoms with E-state index >= 15 is 0 Å². The Hall–Kier alpha value is -1.46. The van der Waals surface area contributed by atoms with E-state index in [0.29, 0.717) is 18.8 Å². The molecule has 17 heavy (non-hydrogen) atoms. The van der Waals surface area contributed by atoms with Crippen LogP contribution in [0.15, 0.2) is 0 Å². The number of hydrogen-bond acceptors (Lipinski definition) is 3. The Kier molecular flexibility index (Phi) is 3.13. The molecular formula is C11H15FN2O3. The van der Waals surface area contributed by atoms with E-state index in [-0.39, 0.29) is 6.04 Å². The van der Waals surface area contributed by atoms with E-state index in [9.17, 15) is 18.8 Å². The monoisotopic (exact) mass is 242 g/mol. The van der Waals surface area contributed by atoms with Gasteiger partial charge in [0.05, 0.1) is 0 Å². The first-order chi connectivity index (χ1) is 8.00. The van der Waals surface area contributed by atoms with Crippen LogP contribution < -0.4 is 5.32 Å². The van der Waals surface area contributed by atoms with Gasteiger partial charge in [0.15, 0.2) is 0 Å². The Bertz CT molecular complexity index is 364. The lowest BCUT2D eigenvalue weighted by Gasteiger charge is -2.37. The van der Waals surface area contributed by atoms with Gasteiger partial charge in [-0.3, -0.25) is 19.8 Å². The summed E-state index contributed by atoms with van der Waals surface area (Å²) in [6.07, 6.45) is 0.939. The fourth-order valence-corrected chi connectivity index (χ4v) is 2.41. The smallest absolute Gasteiger partial charge is 0.275 e. The van der Waals surface area contributed by atoms with Gasteiger partial charge in [0.25, 0.3) is 18.0 Å². The molecule has 4 amide bonds. The van der Waals surface area contributed by atoms with Crippen LogP contribution in [0.3, 0.4) is 0 Å². The molecule has 0 bridgehead atoms. The lowest BCUT2D eigenvalue weighted by atomic mass is 9.86. The Morgan fingerprint density at radius 1 is 1.18 bits per heavy atom. The van der Waals surface area contributed by atoms with Crippen LogP contribution in [0.5, 0.6) is 0 Å². The highest BCUT2D eigenvalue weighted by molar-refractivity contribution is 6.18. The summed E-state index contributed by atoms with van der Waals surface area (Å²) in [5.74, 6) is -1.60. The molecule has 5 nitrogen and oxygen atoms in total. The number of imide groups is 2. The van der Waals surface area contributed by atoms with E-state index in [4.69, 9.17) is 0 Å². The van der Waals surface area contributed by atoms with Gasteiger partial charge in [-0.15, -0.1) is 0 Å². The number of barbiturate groups is 1. The van der Waals surface area contributed by atoms with Gasteiger partial charge >= 0.3 is 6.03 Å². The third kappa shape index (κ3) is 2.16. The predicted molar refractivity (Wildman–Crippen MR) is 56.7 cm³/mol. The maximum atomic E-state index is 13.3. The Morgan fingerprint density at radius 3 is 2.35 bits per heavy atom. The minimum atomic E-state index is -2.24. The number of carbonyl (C=O) groups is 3. The molecule has 0 aromatic heterocycles. The number of halogens is 1. The van der Waals surface area contributed by atoms with Crippen molar-refractivity contribution in [2.75, 3.05) is 0 Å². The Labute approximate surface area is 98.3 Å². The summed E-state index contributed by atoms with van der Waals surface area (Å²) >= 11 is 0. The third-order valence-electron chi connectivity index (χ3n) is 3.48. The minimum Gasteiger partial charge on any atom is -0.275 e. The van der Waals surface area contributed by atoms with Crippen molar-refractivity contribution in [2.24, 2.45) is 5.92 Å². The summed E-state index contributed by atoms with van der Waals surface area (Å²) in [6.45, 7) is 2.11. The third-order valence-corrected chi connectivity index (χ3v) is 3.48. The summed E-state index contributed by atoms with van der Waals surface area (Å²) < 4.78 is 13.3. The van der Waals surface area contributed by atoms with E-state index in [0.717, 1.165) is 17.7 Å².